The van der Waals surface area contributed by atoms with Crippen LogP contribution in [0, 0.1) is 12.8 Å². The van der Waals surface area contributed by atoms with Crippen LogP contribution in [0.2, 0.25) is 0 Å². The second kappa shape index (κ2) is 9.46. The van der Waals surface area contributed by atoms with Crippen molar-refractivity contribution in [2.75, 3.05) is 42.3 Å². The van der Waals surface area contributed by atoms with Crippen LogP contribution in [0.25, 0.3) is 0 Å². The van der Waals surface area contributed by atoms with Crippen LogP contribution in [0.15, 0.2) is 41.4 Å². The molecule has 4 rings (SSSR count). The standard InChI is InChI=1S/C23H30N4O4S/c1-17-6-8-20(9-7-17)32(30,31)25-19-13-21(23(28)29)22(24-14-19)27-12-4-5-18(16-27)15-26-10-2-3-11-26/h6-9,13-14,18,25H,2-5,10-12,15-16H2,1H3,(H,28,29)/t18-/m1/s1. The van der Waals surface area contributed by atoms with Gasteiger partial charge in [-0.15, -0.1) is 0 Å². The summed E-state index contributed by atoms with van der Waals surface area (Å²) >= 11 is 0. The number of hydrogen-bond donors (Lipinski definition) is 2. The molecule has 3 heterocycles. The van der Waals surface area contributed by atoms with Gasteiger partial charge < -0.3 is 14.9 Å². The monoisotopic (exact) mass is 458 g/mol. The Morgan fingerprint density at radius 1 is 1.16 bits per heavy atom. The first-order valence-electron chi connectivity index (χ1n) is 11.1. The zero-order valence-electron chi connectivity index (χ0n) is 18.3. The SMILES string of the molecule is Cc1ccc(S(=O)(=O)Nc2cnc(N3CCC[C@H](CN4CCCC4)C3)c(C(=O)O)c2)cc1. The number of aromatic carboxylic acids is 1. The predicted molar refractivity (Wildman–Crippen MR) is 124 cm³/mol. The van der Waals surface area contributed by atoms with Crippen molar-refractivity contribution in [3.05, 3.63) is 47.7 Å². The van der Waals surface area contributed by atoms with Gasteiger partial charge in [-0.2, -0.15) is 0 Å². The number of rotatable bonds is 7. The summed E-state index contributed by atoms with van der Waals surface area (Å²) in [4.78, 5) is 21.0. The van der Waals surface area contributed by atoms with E-state index >= 15 is 0 Å². The van der Waals surface area contributed by atoms with Crippen molar-refractivity contribution < 1.29 is 18.3 Å². The van der Waals surface area contributed by atoms with Crippen molar-refractivity contribution in [3.63, 3.8) is 0 Å². The van der Waals surface area contributed by atoms with Crippen LogP contribution >= 0.6 is 0 Å². The highest BCUT2D eigenvalue weighted by Crippen LogP contribution is 2.28. The van der Waals surface area contributed by atoms with E-state index in [9.17, 15) is 18.3 Å². The molecular weight excluding hydrogens is 428 g/mol. The summed E-state index contributed by atoms with van der Waals surface area (Å²) in [7, 11) is -3.83. The average Bonchev–Trinajstić information content (AvgIpc) is 3.27. The van der Waals surface area contributed by atoms with E-state index in [1.54, 1.807) is 12.1 Å². The van der Waals surface area contributed by atoms with Gasteiger partial charge >= 0.3 is 5.97 Å². The third kappa shape index (κ3) is 5.21. The fourth-order valence-electron chi connectivity index (χ4n) is 4.59. The minimum Gasteiger partial charge on any atom is -0.478 e. The van der Waals surface area contributed by atoms with Gasteiger partial charge in [0.15, 0.2) is 0 Å². The van der Waals surface area contributed by atoms with E-state index in [1.165, 1.54) is 37.2 Å². The van der Waals surface area contributed by atoms with E-state index in [2.05, 4.69) is 14.6 Å². The quantitative estimate of drug-likeness (QED) is 0.657. The lowest BCUT2D eigenvalue weighted by Gasteiger charge is -2.36. The van der Waals surface area contributed by atoms with E-state index in [1.807, 2.05) is 11.8 Å². The third-order valence-electron chi connectivity index (χ3n) is 6.21. The predicted octanol–water partition coefficient (Wildman–Crippen LogP) is 3.20. The molecule has 2 N–H and O–H groups in total. The molecule has 1 atom stereocenters. The Bertz CT molecular complexity index is 1070. The van der Waals surface area contributed by atoms with Crippen molar-refractivity contribution in [2.24, 2.45) is 5.92 Å². The minimum atomic E-state index is -3.83. The molecule has 1 aromatic carbocycles. The highest BCUT2D eigenvalue weighted by atomic mass is 32.2. The number of pyridine rings is 1. The van der Waals surface area contributed by atoms with E-state index < -0.39 is 16.0 Å². The number of likely N-dealkylation sites (tertiary alicyclic amines) is 1. The summed E-state index contributed by atoms with van der Waals surface area (Å²) in [6.45, 7) is 6.71. The van der Waals surface area contributed by atoms with Crippen molar-refractivity contribution >= 4 is 27.5 Å². The number of benzene rings is 1. The van der Waals surface area contributed by atoms with Crippen molar-refractivity contribution in [1.29, 1.82) is 0 Å². The number of sulfonamides is 1. The molecule has 0 saturated carbocycles. The Hall–Kier alpha value is -2.65. The Labute approximate surface area is 189 Å². The Balaban J connectivity index is 1.52. The van der Waals surface area contributed by atoms with Crippen molar-refractivity contribution in [1.82, 2.24) is 9.88 Å². The number of hydrogen-bond acceptors (Lipinski definition) is 6. The van der Waals surface area contributed by atoms with E-state index in [0.29, 0.717) is 11.7 Å². The number of anilines is 2. The summed E-state index contributed by atoms with van der Waals surface area (Å²) in [6, 6.07) is 7.83. The van der Waals surface area contributed by atoms with Crippen LogP contribution in [0.3, 0.4) is 0 Å². The van der Waals surface area contributed by atoms with Gasteiger partial charge in [-0.1, -0.05) is 17.7 Å². The summed E-state index contributed by atoms with van der Waals surface area (Å²) < 4.78 is 27.8. The number of aromatic nitrogens is 1. The molecule has 0 radical (unpaired) electrons. The normalized spacial score (nSPS) is 19.8. The molecule has 0 bridgehead atoms. The topological polar surface area (TPSA) is 103 Å². The Morgan fingerprint density at radius 3 is 2.56 bits per heavy atom. The molecule has 9 heteroatoms. The maximum atomic E-state index is 12.7. The highest BCUT2D eigenvalue weighted by Gasteiger charge is 2.27. The fraction of sp³-hybridized carbons (Fsp3) is 0.478. The van der Waals surface area contributed by atoms with E-state index in [0.717, 1.165) is 51.1 Å². The molecule has 2 saturated heterocycles. The van der Waals surface area contributed by atoms with Gasteiger partial charge in [-0.25, -0.2) is 18.2 Å². The molecule has 2 aliphatic rings. The zero-order chi connectivity index (χ0) is 22.7. The van der Waals surface area contributed by atoms with Gasteiger partial charge in [0.25, 0.3) is 10.0 Å². The number of aryl methyl sites for hydroxylation is 1. The molecule has 0 unspecified atom stereocenters. The molecule has 2 aromatic rings. The Morgan fingerprint density at radius 2 is 1.88 bits per heavy atom. The molecular formula is C23H30N4O4S. The minimum absolute atomic E-state index is 0.0101. The van der Waals surface area contributed by atoms with Crippen LogP contribution in [0.5, 0.6) is 0 Å². The largest absolute Gasteiger partial charge is 0.478 e. The molecule has 2 aliphatic heterocycles. The lowest BCUT2D eigenvalue weighted by molar-refractivity contribution is 0.0697. The molecule has 172 valence electrons. The number of piperidine rings is 1. The molecule has 0 amide bonds. The second-order valence-electron chi connectivity index (χ2n) is 8.78. The number of nitrogens with zero attached hydrogens (tertiary/aromatic N) is 3. The molecule has 0 spiro atoms. The van der Waals surface area contributed by atoms with Gasteiger partial charge in [-0.3, -0.25) is 4.72 Å². The first kappa shape index (κ1) is 22.5. The smallest absolute Gasteiger partial charge is 0.339 e. The van der Waals surface area contributed by atoms with Crippen LogP contribution in [0.4, 0.5) is 11.5 Å². The average molecular weight is 459 g/mol. The molecule has 8 nitrogen and oxygen atoms in total. The summed E-state index contributed by atoms with van der Waals surface area (Å²) in [5, 5.41) is 9.81. The molecule has 0 aliphatic carbocycles. The number of carboxylic acids is 1. The first-order chi connectivity index (χ1) is 15.3. The second-order valence-corrected chi connectivity index (χ2v) is 10.5. The highest BCUT2D eigenvalue weighted by molar-refractivity contribution is 7.92. The molecule has 1 aromatic heterocycles. The zero-order valence-corrected chi connectivity index (χ0v) is 19.1. The Kier molecular flexibility index (Phi) is 6.66. The number of carbonyl (C=O) groups is 1. The molecule has 32 heavy (non-hydrogen) atoms. The van der Waals surface area contributed by atoms with Crippen molar-refractivity contribution in [3.8, 4) is 0 Å². The van der Waals surface area contributed by atoms with Gasteiger partial charge in [0.05, 0.1) is 16.8 Å². The summed E-state index contributed by atoms with van der Waals surface area (Å²) in [5.41, 5.74) is 1.10. The summed E-state index contributed by atoms with van der Waals surface area (Å²) in [5.74, 6) is -0.238. The number of carboxylic acid groups (broad SMARTS) is 1. The van der Waals surface area contributed by atoms with Crippen LogP contribution in [-0.2, 0) is 10.0 Å². The van der Waals surface area contributed by atoms with Gasteiger partial charge in [0.1, 0.15) is 11.4 Å². The molecule has 2 fully saturated rings. The summed E-state index contributed by atoms with van der Waals surface area (Å²) in [6.07, 6.45) is 6.02. The first-order valence-corrected chi connectivity index (χ1v) is 12.6. The van der Waals surface area contributed by atoms with Gasteiger partial charge in [0.2, 0.25) is 0 Å². The maximum absolute atomic E-state index is 12.7. The van der Waals surface area contributed by atoms with Crippen molar-refractivity contribution in [2.45, 2.75) is 37.5 Å². The van der Waals surface area contributed by atoms with Crippen LogP contribution < -0.4 is 9.62 Å². The lowest BCUT2D eigenvalue weighted by Crippen LogP contribution is -2.41. The lowest BCUT2D eigenvalue weighted by atomic mass is 9.97. The fourth-order valence-corrected chi connectivity index (χ4v) is 5.63. The van der Waals surface area contributed by atoms with E-state index in [-0.39, 0.29) is 16.1 Å². The van der Waals surface area contributed by atoms with Gasteiger partial charge in [0, 0.05) is 19.6 Å². The third-order valence-corrected chi connectivity index (χ3v) is 7.61. The van der Waals surface area contributed by atoms with Crippen LogP contribution in [0.1, 0.15) is 41.6 Å². The maximum Gasteiger partial charge on any atom is 0.339 e. The van der Waals surface area contributed by atoms with Crippen LogP contribution in [-0.4, -0.2) is 62.1 Å². The number of nitrogens with one attached hydrogen (secondary N) is 1. The van der Waals surface area contributed by atoms with Gasteiger partial charge in [-0.05, 0) is 69.8 Å². The van der Waals surface area contributed by atoms with E-state index in [4.69, 9.17) is 0 Å².